The molecular formula is C12H22N2O2. The van der Waals surface area contributed by atoms with E-state index >= 15 is 0 Å². The molecule has 1 rings (SSSR count). The second-order valence-electron chi connectivity index (χ2n) is 4.25. The van der Waals surface area contributed by atoms with Crippen molar-refractivity contribution in [1.82, 2.24) is 10.2 Å². The molecule has 0 heterocycles. The second-order valence-corrected chi connectivity index (χ2v) is 4.25. The zero-order valence-electron chi connectivity index (χ0n) is 10.5. The van der Waals surface area contributed by atoms with E-state index in [1.54, 1.807) is 4.90 Å². The molecule has 16 heavy (non-hydrogen) atoms. The highest BCUT2D eigenvalue weighted by Crippen LogP contribution is 2.40. The number of hydrogen-bond donors (Lipinski definition) is 1. The van der Waals surface area contributed by atoms with Crippen molar-refractivity contribution in [3.63, 3.8) is 0 Å². The molecular weight excluding hydrogens is 204 g/mol. The highest BCUT2D eigenvalue weighted by molar-refractivity contribution is 5.92. The summed E-state index contributed by atoms with van der Waals surface area (Å²) < 4.78 is 0. The van der Waals surface area contributed by atoms with Crippen LogP contribution >= 0.6 is 0 Å². The zero-order valence-corrected chi connectivity index (χ0v) is 10.5. The van der Waals surface area contributed by atoms with E-state index in [-0.39, 0.29) is 23.7 Å². The number of hydrogen-bond acceptors (Lipinski definition) is 2. The molecule has 0 radical (unpaired) electrons. The number of rotatable bonds is 6. The van der Waals surface area contributed by atoms with E-state index < -0.39 is 0 Å². The number of carbonyl (C=O) groups is 2. The summed E-state index contributed by atoms with van der Waals surface area (Å²) in [6, 6.07) is 0. The van der Waals surface area contributed by atoms with Gasteiger partial charge < -0.3 is 10.2 Å². The Kier molecular flexibility index (Phi) is 4.77. The first-order chi connectivity index (χ1) is 7.65. The van der Waals surface area contributed by atoms with Gasteiger partial charge in [-0.3, -0.25) is 9.59 Å². The number of carbonyl (C=O) groups excluding carboxylic acids is 2. The Morgan fingerprint density at radius 3 is 2.31 bits per heavy atom. The smallest absolute Gasteiger partial charge is 0.226 e. The molecule has 2 atom stereocenters. The summed E-state index contributed by atoms with van der Waals surface area (Å²) in [5.74, 6) is 0.0606. The normalized spacial score (nSPS) is 22.7. The van der Waals surface area contributed by atoms with Crippen LogP contribution < -0.4 is 5.32 Å². The van der Waals surface area contributed by atoms with Gasteiger partial charge in [-0.15, -0.1) is 0 Å². The first-order valence-electron chi connectivity index (χ1n) is 6.22. The lowest BCUT2D eigenvalue weighted by Gasteiger charge is -2.18. The Morgan fingerprint density at radius 2 is 1.81 bits per heavy atom. The molecule has 2 unspecified atom stereocenters. The van der Waals surface area contributed by atoms with E-state index in [1.807, 2.05) is 20.8 Å². The third-order valence-electron chi connectivity index (χ3n) is 3.07. The van der Waals surface area contributed by atoms with Crippen LogP contribution in [0.2, 0.25) is 0 Å². The van der Waals surface area contributed by atoms with Gasteiger partial charge in [0.1, 0.15) is 0 Å². The van der Waals surface area contributed by atoms with Gasteiger partial charge in [0.25, 0.3) is 0 Å². The molecule has 0 spiro atoms. The van der Waals surface area contributed by atoms with Crippen LogP contribution in [-0.4, -0.2) is 36.3 Å². The van der Waals surface area contributed by atoms with Crippen molar-refractivity contribution in [3.8, 4) is 0 Å². The monoisotopic (exact) mass is 226 g/mol. The molecule has 0 aromatic heterocycles. The SMILES string of the molecule is CCCNC(=O)C1CC1C(=O)N(CC)CC. The van der Waals surface area contributed by atoms with Crippen molar-refractivity contribution >= 4 is 11.8 Å². The first kappa shape index (κ1) is 13.0. The fourth-order valence-corrected chi connectivity index (χ4v) is 1.91. The number of amides is 2. The van der Waals surface area contributed by atoms with Crippen molar-refractivity contribution in [3.05, 3.63) is 0 Å². The maximum Gasteiger partial charge on any atom is 0.226 e. The van der Waals surface area contributed by atoms with Crippen LogP contribution in [0, 0.1) is 11.8 Å². The van der Waals surface area contributed by atoms with Gasteiger partial charge >= 0.3 is 0 Å². The van der Waals surface area contributed by atoms with Gasteiger partial charge in [-0.1, -0.05) is 6.92 Å². The highest BCUT2D eigenvalue weighted by atomic mass is 16.2. The molecule has 0 aromatic carbocycles. The molecule has 1 aliphatic rings. The molecule has 4 nitrogen and oxygen atoms in total. The van der Waals surface area contributed by atoms with Gasteiger partial charge in [0.15, 0.2) is 0 Å². The first-order valence-corrected chi connectivity index (χ1v) is 6.22. The maximum absolute atomic E-state index is 11.9. The van der Waals surface area contributed by atoms with Crippen LogP contribution in [0.15, 0.2) is 0 Å². The van der Waals surface area contributed by atoms with Crippen LogP contribution in [0.25, 0.3) is 0 Å². The van der Waals surface area contributed by atoms with Gasteiger partial charge in [-0.2, -0.15) is 0 Å². The van der Waals surface area contributed by atoms with Crippen LogP contribution in [-0.2, 0) is 9.59 Å². The molecule has 1 saturated carbocycles. The molecule has 92 valence electrons. The third-order valence-corrected chi connectivity index (χ3v) is 3.07. The summed E-state index contributed by atoms with van der Waals surface area (Å²) in [7, 11) is 0. The van der Waals surface area contributed by atoms with Crippen LogP contribution in [0.5, 0.6) is 0 Å². The lowest BCUT2D eigenvalue weighted by Crippen LogP contribution is -2.34. The average molecular weight is 226 g/mol. The molecule has 0 aliphatic heterocycles. The van der Waals surface area contributed by atoms with Crippen molar-refractivity contribution in [2.75, 3.05) is 19.6 Å². The van der Waals surface area contributed by atoms with Crippen molar-refractivity contribution in [2.24, 2.45) is 11.8 Å². The van der Waals surface area contributed by atoms with Crippen LogP contribution in [0.1, 0.15) is 33.6 Å². The average Bonchev–Trinajstić information content (AvgIpc) is 3.07. The van der Waals surface area contributed by atoms with E-state index in [1.165, 1.54) is 0 Å². The summed E-state index contributed by atoms with van der Waals surface area (Å²) in [6.45, 7) is 8.13. The Bertz CT molecular complexity index is 262. The molecule has 2 amide bonds. The van der Waals surface area contributed by atoms with Gasteiger partial charge in [0.2, 0.25) is 11.8 Å². The maximum atomic E-state index is 11.9. The Labute approximate surface area is 97.4 Å². The Balaban J connectivity index is 2.37. The molecule has 4 heteroatoms. The summed E-state index contributed by atoms with van der Waals surface area (Å²) >= 11 is 0. The predicted molar refractivity (Wildman–Crippen MR) is 62.8 cm³/mol. The molecule has 1 N–H and O–H groups in total. The molecule has 0 aromatic rings. The lowest BCUT2D eigenvalue weighted by atomic mass is 10.2. The predicted octanol–water partition coefficient (Wildman–Crippen LogP) is 1.02. The van der Waals surface area contributed by atoms with E-state index in [9.17, 15) is 9.59 Å². The van der Waals surface area contributed by atoms with E-state index in [2.05, 4.69) is 5.32 Å². The minimum atomic E-state index is -0.0698. The van der Waals surface area contributed by atoms with E-state index in [0.29, 0.717) is 6.54 Å². The highest BCUT2D eigenvalue weighted by Gasteiger charge is 2.48. The minimum Gasteiger partial charge on any atom is -0.356 e. The fraction of sp³-hybridized carbons (Fsp3) is 0.833. The van der Waals surface area contributed by atoms with Crippen molar-refractivity contribution in [1.29, 1.82) is 0 Å². The number of nitrogens with zero attached hydrogens (tertiary/aromatic N) is 1. The van der Waals surface area contributed by atoms with E-state index in [4.69, 9.17) is 0 Å². The van der Waals surface area contributed by atoms with Gasteiger partial charge in [0.05, 0.1) is 11.8 Å². The van der Waals surface area contributed by atoms with Gasteiger partial charge in [0, 0.05) is 19.6 Å². The summed E-state index contributed by atoms with van der Waals surface area (Å²) in [5.41, 5.74) is 0. The van der Waals surface area contributed by atoms with Gasteiger partial charge in [-0.25, -0.2) is 0 Å². The molecule has 1 aliphatic carbocycles. The molecule has 0 bridgehead atoms. The largest absolute Gasteiger partial charge is 0.356 e. The topological polar surface area (TPSA) is 49.4 Å². The van der Waals surface area contributed by atoms with Crippen LogP contribution in [0.3, 0.4) is 0 Å². The van der Waals surface area contributed by atoms with Gasteiger partial charge in [-0.05, 0) is 26.7 Å². The summed E-state index contributed by atoms with van der Waals surface area (Å²) in [5, 5.41) is 2.84. The quantitative estimate of drug-likeness (QED) is 0.735. The van der Waals surface area contributed by atoms with Crippen molar-refractivity contribution in [2.45, 2.75) is 33.6 Å². The third kappa shape index (κ3) is 2.97. The molecule has 0 saturated heterocycles. The standard InChI is InChI=1S/C12H22N2O2/c1-4-7-13-11(15)9-8-10(9)12(16)14(5-2)6-3/h9-10H,4-8H2,1-3H3,(H,13,15). The summed E-state index contributed by atoms with van der Waals surface area (Å²) in [6.07, 6.45) is 1.66. The minimum absolute atomic E-state index is 0.0485. The fourth-order valence-electron chi connectivity index (χ4n) is 1.91. The lowest BCUT2D eigenvalue weighted by molar-refractivity contribution is -0.134. The van der Waals surface area contributed by atoms with E-state index in [0.717, 1.165) is 25.9 Å². The zero-order chi connectivity index (χ0) is 12.1. The Morgan fingerprint density at radius 1 is 1.19 bits per heavy atom. The summed E-state index contributed by atoms with van der Waals surface area (Å²) in [4.78, 5) is 25.3. The molecule has 1 fully saturated rings. The second kappa shape index (κ2) is 5.87. The Hall–Kier alpha value is -1.06. The number of nitrogens with one attached hydrogen (secondary N) is 1. The van der Waals surface area contributed by atoms with Crippen LogP contribution in [0.4, 0.5) is 0 Å². The van der Waals surface area contributed by atoms with Crippen molar-refractivity contribution < 1.29 is 9.59 Å².